The van der Waals surface area contributed by atoms with Crippen LogP contribution in [0.5, 0.6) is 0 Å². The predicted octanol–water partition coefficient (Wildman–Crippen LogP) is 0.706. The monoisotopic (exact) mass is 239 g/mol. The molecule has 0 saturated carbocycles. The van der Waals surface area contributed by atoms with Crippen molar-refractivity contribution in [2.24, 2.45) is 5.92 Å². The molecule has 96 valence electrons. The normalized spacial score (nSPS) is 29.6. The van der Waals surface area contributed by atoms with Gasteiger partial charge in [0.1, 0.15) is 6.04 Å². The first-order chi connectivity index (χ1) is 8.22. The molecule has 2 fully saturated rings. The van der Waals surface area contributed by atoms with Crippen molar-refractivity contribution in [3.63, 3.8) is 0 Å². The van der Waals surface area contributed by atoms with E-state index >= 15 is 0 Å². The Morgan fingerprint density at radius 2 is 2.24 bits per heavy atom. The number of imide groups is 1. The van der Waals surface area contributed by atoms with Gasteiger partial charge in [-0.3, -0.25) is 9.69 Å². The Labute approximate surface area is 102 Å². The van der Waals surface area contributed by atoms with Crippen LogP contribution in [0.2, 0.25) is 0 Å². The summed E-state index contributed by atoms with van der Waals surface area (Å²) in [4.78, 5) is 25.1. The van der Waals surface area contributed by atoms with E-state index in [4.69, 9.17) is 0 Å². The third kappa shape index (κ3) is 2.77. The topological polar surface area (TPSA) is 61.4 Å². The first kappa shape index (κ1) is 12.4. The van der Waals surface area contributed by atoms with E-state index in [-0.39, 0.29) is 18.0 Å². The van der Waals surface area contributed by atoms with Gasteiger partial charge in [-0.25, -0.2) is 4.79 Å². The molecule has 0 aromatic carbocycles. The molecule has 5 heteroatoms. The summed E-state index contributed by atoms with van der Waals surface area (Å²) in [6.07, 6.45) is 3.88. The van der Waals surface area contributed by atoms with Crippen molar-refractivity contribution in [3.8, 4) is 0 Å². The van der Waals surface area contributed by atoms with Crippen molar-refractivity contribution in [1.29, 1.82) is 0 Å². The minimum atomic E-state index is -0.288. The minimum absolute atomic E-state index is 0.0394. The summed E-state index contributed by atoms with van der Waals surface area (Å²) >= 11 is 0. The SMILES string of the molecule is CCCC1NC(=O)N(CC2CCCNC2)C1=O. The third-order valence-electron chi connectivity index (χ3n) is 3.52. The zero-order valence-electron chi connectivity index (χ0n) is 10.4. The molecule has 3 amide bonds. The number of amides is 3. The number of nitrogens with one attached hydrogen (secondary N) is 2. The van der Waals surface area contributed by atoms with Gasteiger partial charge in [0.2, 0.25) is 0 Å². The van der Waals surface area contributed by atoms with Gasteiger partial charge in [-0.1, -0.05) is 13.3 Å². The first-order valence-electron chi connectivity index (χ1n) is 6.55. The van der Waals surface area contributed by atoms with Crippen LogP contribution in [0.3, 0.4) is 0 Å². The molecular weight excluding hydrogens is 218 g/mol. The molecule has 2 N–H and O–H groups in total. The molecular formula is C12H21N3O2. The molecule has 2 aliphatic rings. The minimum Gasteiger partial charge on any atom is -0.326 e. The average molecular weight is 239 g/mol. The first-order valence-corrected chi connectivity index (χ1v) is 6.55. The fraction of sp³-hybridized carbons (Fsp3) is 0.833. The summed E-state index contributed by atoms with van der Waals surface area (Å²) in [5, 5.41) is 6.07. The second-order valence-corrected chi connectivity index (χ2v) is 4.95. The van der Waals surface area contributed by atoms with Crippen LogP contribution in [0.25, 0.3) is 0 Å². The average Bonchev–Trinajstić information content (AvgIpc) is 2.59. The Morgan fingerprint density at radius 1 is 1.41 bits per heavy atom. The second-order valence-electron chi connectivity index (χ2n) is 4.95. The number of carbonyl (C=O) groups is 2. The van der Waals surface area contributed by atoms with E-state index in [0.717, 1.165) is 38.8 Å². The van der Waals surface area contributed by atoms with Crippen LogP contribution in [0, 0.1) is 5.92 Å². The van der Waals surface area contributed by atoms with Gasteiger partial charge in [0.15, 0.2) is 0 Å². The van der Waals surface area contributed by atoms with Crippen molar-refractivity contribution in [1.82, 2.24) is 15.5 Å². The van der Waals surface area contributed by atoms with Gasteiger partial charge in [0, 0.05) is 6.54 Å². The Kier molecular flexibility index (Phi) is 3.99. The van der Waals surface area contributed by atoms with E-state index in [1.165, 1.54) is 4.90 Å². The highest BCUT2D eigenvalue weighted by molar-refractivity contribution is 6.04. The lowest BCUT2D eigenvalue weighted by molar-refractivity contribution is -0.128. The maximum absolute atomic E-state index is 12.0. The molecule has 2 rings (SSSR count). The summed E-state index contributed by atoms with van der Waals surface area (Å²) in [5.74, 6) is 0.376. The van der Waals surface area contributed by atoms with E-state index in [9.17, 15) is 9.59 Å². The van der Waals surface area contributed by atoms with Gasteiger partial charge in [-0.05, 0) is 38.3 Å². The zero-order chi connectivity index (χ0) is 12.3. The van der Waals surface area contributed by atoms with Gasteiger partial charge >= 0.3 is 6.03 Å². The second kappa shape index (κ2) is 5.49. The number of nitrogens with zero attached hydrogens (tertiary/aromatic N) is 1. The summed E-state index contributed by atoms with van der Waals surface area (Å²) in [6.45, 7) is 4.55. The molecule has 0 aliphatic carbocycles. The van der Waals surface area contributed by atoms with Crippen LogP contribution in [-0.2, 0) is 4.79 Å². The number of carbonyl (C=O) groups excluding carboxylic acids is 2. The van der Waals surface area contributed by atoms with Gasteiger partial charge in [0.05, 0.1) is 0 Å². The Morgan fingerprint density at radius 3 is 2.88 bits per heavy atom. The lowest BCUT2D eigenvalue weighted by Gasteiger charge is -2.25. The highest BCUT2D eigenvalue weighted by atomic mass is 16.2. The molecule has 2 atom stereocenters. The van der Waals surface area contributed by atoms with Crippen LogP contribution < -0.4 is 10.6 Å². The van der Waals surface area contributed by atoms with Gasteiger partial charge in [-0.2, -0.15) is 0 Å². The highest BCUT2D eigenvalue weighted by Crippen LogP contribution is 2.17. The highest BCUT2D eigenvalue weighted by Gasteiger charge is 2.38. The Balaban J connectivity index is 1.91. The summed E-state index contributed by atoms with van der Waals surface area (Å²) < 4.78 is 0. The van der Waals surface area contributed by atoms with Gasteiger partial charge in [0.25, 0.3) is 5.91 Å². The molecule has 2 aliphatic heterocycles. The summed E-state index contributed by atoms with van der Waals surface area (Å²) in [5.41, 5.74) is 0. The maximum Gasteiger partial charge on any atom is 0.324 e. The molecule has 2 saturated heterocycles. The fourth-order valence-electron chi connectivity index (χ4n) is 2.57. The number of hydrogen-bond donors (Lipinski definition) is 2. The van der Waals surface area contributed by atoms with E-state index < -0.39 is 0 Å². The van der Waals surface area contributed by atoms with Crippen molar-refractivity contribution in [3.05, 3.63) is 0 Å². The molecule has 0 bridgehead atoms. The standard InChI is InChI=1S/C12H21N3O2/c1-2-4-10-11(16)15(12(17)14-10)8-9-5-3-6-13-7-9/h9-10,13H,2-8H2,1H3,(H,14,17). The lowest BCUT2D eigenvalue weighted by Crippen LogP contribution is -2.41. The van der Waals surface area contributed by atoms with E-state index in [0.29, 0.717) is 12.5 Å². The van der Waals surface area contributed by atoms with Crippen molar-refractivity contribution in [2.75, 3.05) is 19.6 Å². The summed E-state index contributed by atoms with van der Waals surface area (Å²) in [6, 6.07) is -0.497. The fourth-order valence-corrected chi connectivity index (χ4v) is 2.57. The molecule has 2 heterocycles. The Bertz CT molecular complexity index is 300. The smallest absolute Gasteiger partial charge is 0.324 e. The predicted molar refractivity (Wildman–Crippen MR) is 64.5 cm³/mol. The van der Waals surface area contributed by atoms with E-state index in [1.807, 2.05) is 6.92 Å². The van der Waals surface area contributed by atoms with Crippen molar-refractivity contribution < 1.29 is 9.59 Å². The van der Waals surface area contributed by atoms with E-state index in [1.54, 1.807) is 0 Å². The molecule has 0 spiro atoms. The Hall–Kier alpha value is -1.10. The molecule has 5 nitrogen and oxygen atoms in total. The number of piperidine rings is 1. The van der Waals surface area contributed by atoms with Crippen molar-refractivity contribution in [2.45, 2.75) is 38.6 Å². The largest absolute Gasteiger partial charge is 0.326 e. The van der Waals surface area contributed by atoms with Crippen LogP contribution in [0.1, 0.15) is 32.6 Å². The van der Waals surface area contributed by atoms with Gasteiger partial charge in [-0.15, -0.1) is 0 Å². The quantitative estimate of drug-likeness (QED) is 0.710. The van der Waals surface area contributed by atoms with Crippen LogP contribution in [0.15, 0.2) is 0 Å². The van der Waals surface area contributed by atoms with Crippen molar-refractivity contribution >= 4 is 11.9 Å². The van der Waals surface area contributed by atoms with Gasteiger partial charge < -0.3 is 10.6 Å². The molecule has 0 radical (unpaired) electrons. The zero-order valence-corrected chi connectivity index (χ0v) is 10.4. The van der Waals surface area contributed by atoms with Crippen LogP contribution in [-0.4, -0.2) is 42.5 Å². The molecule has 17 heavy (non-hydrogen) atoms. The lowest BCUT2D eigenvalue weighted by atomic mass is 9.99. The number of hydrogen-bond acceptors (Lipinski definition) is 3. The molecule has 0 aromatic heterocycles. The van der Waals surface area contributed by atoms with Crippen LogP contribution >= 0.6 is 0 Å². The number of rotatable bonds is 4. The van der Waals surface area contributed by atoms with Crippen LogP contribution in [0.4, 0.5) is 4.79 Å². The number of urea groups is 1. The summed E-state index contributed by atoms with van der Waals surface area (Å²) in [7, 11) is 0. The maximum atomic E-state index is 12.0. The molecule has 2 unspecified atom stereocenters. The third-order valence-corrected chi connectivity index (χ3v) is 3.52. The van der Waals surface area contributed by atoms with E-state index in [2.05, 4.69) is 10.6 Å². The molecule has 0 aromatic rings.